The van der Waals surface area contributed by atoms with E-state index in [1.54, 1.807) is 0 Å². The van der Waals surface area contributed by atoms with Crippen LogP contribution in [-0.2, 0) is 11.3 Å². The van der Waals surface area contributed by atoms with Crippen LogP contribution in [0, 0.1) is 0 Å². The second-order valence-electron chi connectivity index (χ2n) is 5.47. The van der Waals surface area contributed by atoms with Gasteiger partial charge < -0.3 is 10.6 Å². The molecule has 1 saturated heterocycles. The van der Waals surface area contributed by atoms with Gasteiger partial charge in [0.15, 0.2) is 0 Å². The lowest BCUT2D eigenvalue weighted by molar-refractivity contribution is -0.123. The molecule has 0 bridgehead atoms. The van der Waals surface area contributed by atoms with Crippen molar-refractivity contribution in [2.45, 2.75) is 32.4 Å². The van der Waals surface area contributed by atoms with Crippen LogP contribution in [0.4, 0.5) is 0 Å². The molecular weight excluding hydrogens is 286 g/mol. The quantitative estimate of drug-likeness (QED) is 0.845. The van der Waals surface area contributed by atoms with E-state index >= 15 is 0 Å². The van der Waals surface area contributed by atoms with Crippen molar-refractivity contribution in [1.82, 2.24) is 15.5 Å². The molecule has 1 atom stereocenters. The van der Waals surface area contributed by atoms with Crippen LogP contribution < -0.4 is 10.6 Å². The molecule has 2 rings (SSSR count). The molecule has 1 amide bonds. The van der Waals surface area contributed by atoms with Crippen molar-refractivity contribution in [2.24, 2.45) is 0 Å². The summed E-state index contributed by atoms with van der Waals surface area (Å²) in [6.07, 6.45) is 2.36. The summed E-state index contributed by atoms with van der Waals surface area (Å²) in [6.45, 7) is 6.11. The summed E-state index contributed by atoms with van der Waals surface area (Å²) in [5, 5.41) is 7.09. The van der Waals surface area contributed by atoms with E-state index in [1.165, 1.54) is 12.8 Å². The van der Waals surface area contributed by atoms with Crippen molar-refractivity contribution < 1.29 is 4.79 Å². The van der Waals surface area contributed by atoms with E-state index in [1.807, 2.05) is 24.3 Å². The summed E-state index contributed by atoms with van der Waals surface area (Å²) in [4.78, 5) is 14.3. The molecule has 0 aromatic heterocycles. The maximum absolute atomic E-state index is 12.1. The molecule has 1 heterocycles. The van der Waals surface area contributed by atoms with Gasteiger partial charge in [0, 0.05) is 24.2 Å². The van der Waals surface area contributed by atoms with E-state index in [0.29, 0.717) is 24.2 Å². The van der Waals surface area contributed by atoms with Gasteiger partial charge in [-0.2, -0.15) is 0 Å². The van der Waals surface area contributed by atoms with E-state index < -0.39 is 0 Å². The van der Waals surface area contributed by atoms with Gasteiger partial charge in [-0.25, -0.2) is 0 Å². The van der Waals surface area contributed by atoms with Gasteiger partial charge in [-0.15, -0.1) is 0 Å². The standard InChI is InChI=1S/C16H24ClN3O/c1-2-20(15-4-3-9-18-11-15)12-16(21)19-10-13-5-7-14(17)8-6-13/h5-8,15,18H,2-4,9-12H2,1H3,(H,19,21). The third-order valence-corrected chi connectivity index (χ3v) is 4.20. The van der Waals surface area contributed by atoms with Crippen LogP contribution in [0.2, 0.25) is 5.02 Å². The Morgan fingerprint density at radius 1 is 1.43 bits per heavy atom. The van der Waals surface area contributed by atoms with Gasteiger partial charge >= 0.3 is 0 Å². The Kier molecular flexibility index (Phi) is 6.49. The number of amides is 1. The summed E-state index contributed by atoms with van der Waals surface area (Å²) in [6, 6.07) is 8.03. The molecule has 116 valence electrons. The van der Waals surface area contributed by atoms with Gasteiger partial charge in [-0.3, -0.25) is 9.69 Å². The summed E-state index contributed by atoms with van der Waals surface area (Å²) >= 11 is 5.85. The van der Waals surface area contributed by atoms with Crippen molar-refractivity contribution in [1.29, 1.82) is 0 Å². The maximum atomic E-state index is 12.1. The number of carbonyl (C=O) groups is 1. The number of carbonyl (C=O) groups excluding carboxylic acids is 1. The highest BCUT2D eigenvalue weighted by Gasteiger charge is 2.21. The number of hydrogen-bond acceptors (Lipinski definition) is 3. The van der Waals surface area contributed by atoms with Gasteiger partial charge in [-0.1, -0.05) is 30.7 Å². The number of nitrogens with one attached hydrogen (secondary N) is 2. The molecule has 4 nitrogen and oxygen atoms in total. The van der Waals surface area contributed by atoms with E-state index in [4.69, 9.17) is 11.6 Å². The highest BCUT2D eigenvalue weighted by atomic mass is 35.5. The molecule has 0 saturated carbocycles. The zero-order valence-electron chi connectivity index (χ0n) is 12.6. The molecule has 1 fully saturated rings. The van der Waals surface area contributed by atoms with Crippen molar-refractivity contribution in [3.8, 4) is 0 Å². The second-order valence-corrected chi connectivity index (χ2v) is 5.90. The average molecular weight is 310 g/mol. The fraction of sp³-hybridized carbons (Fsp3) is 0.562. The van der Waals surface area contributed by atoms with Crippen molar-refractivity contribution in [3.63, 3.8) is 0 Å². The van der Waals surface area contributed by atoms with Gasteiger partial charge in [0.2, 0.25) is 5.91 Å². The van der Waals surface area contributed by atoms with E-state index in [9.17, 15) is 4.79 Å². The third-order valence-electron chi connectivity index (χ3n) is 3.94. The lowest BCUT2D eigenvalue weighted by atomic mass is 10.1. The number of halogens is 1. The van der Waals surface area contributed by atoms with Crippen LogP contribution in [-0.4, -0.2) is 43.0 Å². The number of likely N-dealkylation sites (N-methyl/N-ethyl adjacent to an activating group) is 1. The molecule has 0 radical (unpaired) electrons. The Labute approximate surface area is 131 Å². The lowest BCUT2D eigenvalue weighted by Crippen LogP contribution is -2.49. The predicted molar refractivity (Wildman–Crippen MR) is 86.4 cm³/mol. The van der Waals surface area contributed by atoms with Crippen LogP contribution in [0.5, 0.6) is 0 Å². The smallest absolute Gasteiger partial charge is 0.234 e. The third kappa shape index (κ3) is 5.30. The normalized spacial score (nSPS) is 18.7. The van der Waals surface area contributed by atoms with Crippen LogP contribution >= 0.6 is 11.6 Å². The van der Waals surface area contributed by atoms with Crippen molar-refractivity contribution in [3.05, 3.63) is 34.9 Å². The Morgan fingerprint density at radius 3 is 2.81 bits per heavy atom. The van der Waals surface area contributed by atoms with Crippen LogP contribution in [0.15, 0.2) is 24.3 Å². The first kappa shape index (κ1) is 16.3. The molecule has 21 heavy (non-hydrogen) atoms. The molecule has 0 spiro atoms. The monoisotopic (exact) mass is 309 g/mol. The summed E-state index contributed by atoms with van der Waals surface area (Å²) in [5.41, 5.74) is 1.06. The molecular formula is C16H24ClN3O. The fourth-order valence-electron chi connectivity index (χ4n) is 2.69. The highest BCUT2D eigenvalue weighted by Crippen LogP contribution is 2.10. The van der Waals surface area contributed by atoms with Gasteiger partial charge in [0.25, 0.3) is 0 Å². The minimum absolute atomic E-state index is 0.0809. The maximum Gasteiger partial charge on any atom is 0.234 e. The average Bonchev–Trinajstić information content (AvgIpc) is 2.53. The molecule has 5 heteroatoms. The number of rotatable bonds is 6. The number of nitrogens with zero attached hydrogens (tertiary/aromatic N) is 1. The van der Waals surface area contributed by atoms with E-state index in [-0.39, 0.29) is 5.91 Å². The van der Waals surface area contributed by atoms with Crippen LogP contribution in [0.25, 0.3) is 0 Å². The van der Waals surface area contributed by atoms with E-state index in [0.717, 1.165) is 25.2 Å². The first-order valence-electron chi connectivity index (χ1n) is 7.65. The Bertz CT molecular complexity index is 443. The first-order valence-corrected chi connectivity index (χ1v) is 8.02. The summed E-state index contributed by atoms with van der Waals surface area (Å²) in [7, 11) is 0. The molecule has 1 aliphatic rings. The number of piperidine rings is 1. The van der Waals surface area contributed by atoms with Crippen molar-refractivity contribution >= 4 is 17.5 Å². The lowest BCUT2D eigenvalue weighted by Gasteiger charge is -2.33. The highest BCUT2D eigenvalue weighted by molar-refractivity contribution is 6.30. The number of benzene rings is 1. The van der Waals surface area contributed by atoms with Crippen molar-refractivity contribution in [2.75, 3.05) is 26.2 Å². The molecule has 2 N–H and O–H groups in total. The topological polar surface area (TPSA) is 44.4 Å². The molecule has 1 aromatic carbocycles. The van der Waals surface area contributed by atoms with Gasteiger partial charge in [0.1, 0.15) is 0 Å². The predicted octanol–water partition coefficient (Wildman–Crippen LogP) is 2.03. The summed E-state index contributed by atoms with van der Waals surface area (Å²) < 4.78 is 0. The second kappa shape index (κ2) is 8.37. The first-order chi connectivity index (χ1) is 10.2. The number of hydrogen-bond donors (Lipinski definition) is 2. The molecule has 1 unspecified atom stereocenters. The zero-order chi connectivity index (χ0) is 15.1. The minimum Gasteiger partial charge on any atom is -0.351 e. The molecule has 1 aromatic rings. The Hall–Kier alpha value is -1.10. The van der Waals surface area contributed by atoms with Gasteiger partial charge in [-0.05, 0) is 43.6 Å². The summed E-state index contributed by atoms with van der Waals surface area (Å²) in [5.74, 6) is 0.0809. The largest absolute Gasteiger partial charge is 0.351 e. The Morgan fingerprint density at radius 2 is 2.19 bits per heavy atom. The molecule has 0 aliphatic carbocycles. The van der Waals surface area contributed by atoms with E-state index in [2.05, 4.69) is 22.5 Å². The fourth-order valence-corrected chi connectivity index (χ4v) is 2.81. The molecule has 1 aliphatic heterocycles. The van der Waals surface area contributed by atoms with Gasteiger partial charge in [0.05, 0.1) is 6.54 Å². The van der Waals surface area contributed by atoms with Crippen LogP contribution in [0.3, 0.4) is 0 Å². The zero-order valence-corrected chi connectivity index (χ0v) is 13.3. The Balaban J connectivity index is 1.78. The van der Waals surface area contributed by atoms with Crippen LogP contribution in [0.1, 0.15) is 25.3 Å². The SMILES string of the molecule is CCN(CC(=O)NCc1ccc(Cl)cc1)C1CCCNC1. The minimum atomic E-state index is 0.0809.